The summed E-state index contributed by atoms with van der Waals surface area (Å²) < 4.78 is 6.14. The zero-order valence-electron chi connectivity index (χ0n) is 17.6. The number of rotatable bonds is 6. The molecule has 0 aliphatic carbocycles. The number of hydrogen-bond donors (Lipinski definition) is 2. The van der Waals surface area contributed by atoms with E-state index in [1.807, 2.05) is 12.3 Å². The van der Waals surface area contributed by atoms with E-state index in [1.165, 1.54) is 16.7 Å². The van der Waals surface area contributed by atoms with Gasteiger partial charge in [0.25, 0.3) is 0 Å². The van der Waals surface area contributed by atoms with Gasteiger partial charge in [0.2, 0.25) is 0 Å². The minimum absolute atomic E-state index is 0. The summed E-state index contributed by atoms with van der Waals surface area (Å²) in [5.74, 6) is 1.26. The van der Waals surface area contributed by atoms with Gasteiger partial charge in [-0.2, -0.15) is 0 Å². The van der Waals surface area contributed by atoms with Gasteiger partial charge in [0.1, 0.15) is 0 Å². The number of pyridine rings is 1. The Morgan fingerprint density at radius 2 is 1.97 bits per heavy atom. The van der Waals surface area contributed by atoms with Crippen LogP contribution in [-0.4, -0.2) is 30.6 Å². The smallest absolute Gasteiger partial charge is 0.191 e. The number of aryl methyl sites for hydroxylation is 2. The van der Waals surface area contributed by atoms with Gasteiger partial charge in [0.05, 0.1) is 18.3 Å². The minimum Gasteiger partial charge on any atom is -0.373 e. The molecule has 2 aromatic rings. The normalized spacial score (nSPS) is 19.3. The summed E-state index contributed by atoms with van der Waals surface area (Å²) in [4.78, 5) is 9.17. The second-order valence-electron chi connectivity index (χ2n) is 7.45. The van der Waals surface area contributed by atoms with Crippen molar-refractivity contribution in [3.63, 3.8) is 0 Å². The van der Waals surface area contributed by atoms with Crippen LogP contribution in [0.25, 0.3) is 0 Å². The van der Waals surface area contributed by atoms with Crippen LogP contribution in [0.15, 0.2) is 47.6 Å². The Morgan fingerprint density at radius 3 is 2.69 bits per heavy atom. The third-order valence-electron chi connectivity index (χ3n) is 5.23. The average molecular weight is 508 g/mol. The number of hydrogen-bond acceptors (Lipinski definition) is 3. The van der Waals surface area contributed by atoms with Crippen LogP contribution in [0.2, 0.25) is 0 Å². The number of aromatic nitrogens is 1. The zero-order valence-corrected chi connectivity index (χ0v) is 20.0. The lowest BCUT2D eigenvalue weighted by Crippen LogP contribution is -2.42. The summed E-state index contributed by atoms with van der Waals surface area (Å²) in [5.41, 5.74) is 4.73. The number of nitrogens with one attached hydrogen (secondary N) is 2. The fourth-order valence-electron chi connectivity index (χ4n) is 3.58. The van der Waals surface area contributed by atoms with E-state index in [0.29, 0.717) is 12.5 Å². The molecular weight excluding hydrogens is 475 g/mol. The molecule has 1 aromatic heterocycles. The predicted octanol–water partition coefficient (Wildman–Crippen LogP) is 4.54. The van der Waals surface area contributed by atoms with Crippen molar-refractivity contribution in [2.24, 2.45) is 10.9 Å². The highest BCUT2D eigenvalue weighted by Crippen LogP contribution is 2.33. The second-order valence-corrected chi connectivity index (χ2v) is 7.45. The monoisotopic (exact) mass is 508 g/mol. The Morgan fingerprint density at radius 1 is 1.17 bits per heavy atom. The zero-order chi connectivity index (χ0) is 19.8. The van der Waals surface area contributed by atoms with Gasteiger partial charge in [-0.15, -0.1) is 24.0 Å². The van der Waals surface area contributed by atoms with Crippen LogP contribution in [0.1, 0.15) is 48.3 Å². The molecule has 0 radical (unpaired) electrons. The number of halogens is 1. The van der Waals surface area contributed by atoms with Crippen molar-refractivity contribution in [2.75, 3.05) is 19.7 Å². The molecule has 2 N–H and O–H groups in total. The molecule has 1 saturated heterocycles. The van der Waals surface area contributed by atoms with Crippen LogP contribution in [0.4, 0.5) is 0 Å². The molecule has 1 aliphatic rings. The first-order valence-electron chi connectivity index (χ1n) is 10.3. The third kappa shape index (κ3) is 6.96. The van der Waals surface area contributed by atoms with Crippen LogP contribution in [-0.2, 0) is 11.3 Å². The lowest BCUT2D eigenvalue weighted by Gasteiger charge is -2.32. The van der Waals surface area contributed by atoms with Gasteiger partial charge < -0.3 is 15.4 Å². The van der Waals surface area contributed by atoms with E-state index < -0.39 is 0 Å². The average Bonchev–Trinajstić information content (AvgIpc) is 2.72. The molecular formula is C23H33IN4O. The summed E-state index contributed by atoms with van der Waals surface area (Å²) in [6.45, 7) is 9.35. The SMILES string of the molecule is CCNC(=NCc1ncccc1C)NCC1CCCOC1c1ccc(C)cc1.I. The molecule has 0 amide bonds. The van der Waals surface area contributed by atoms with E-state index in [2.05, 4.69) is 66.7 Å². The Balaban J connectivity index is 0.00000300. The van der Waals surface area contributed by atoms with Crippen molar-refractivity contribution in [1.82, 2.24) is 15.6 Å². The van der Waals surface area contributed by atoms with Gasteiger partial charge in [0, 0.05) is 31.8 Å². The minimum atomic E-state index is 0. The van der Waals surface area contributed by atoms with Crippen LogP contribution < -0.4 is 10.6 Å². The van der Waals surface area contributed by atoms with E-state index in [4.69, 9.17) is 9.73 Å². The van der Waals surface area contributed by atoms with Gasteiger partial charge in [-0.05, 0) is 50.8 Å². The molecule has 3 rings (SSSR count). The molecule has 1 aliphatic heterocycles. The number of nitrogens with zero attached hydrogens (tertiary/aromatic N) is 2. The summed E-state index contributed by atoms with van der Waals surface area (Å²) in [5, 5.41) is 6.87. The molecule has 2 heterocycles. The molecule has 5 nitrogen and oxygen atoms in total. The van der Waals surface area contributed by atoms with Crippen molar-refractivity contribution in [3.8, 4) is 0 Å². The Hall–Kier alpha value is -1.67. The van der Waals surface area contributed by atoms with Crippen LogP contribution in [0.5, 0.6) is 0 Å². The molecule has 6 heteroatoms. The van der Waals surface area contributed by atoms with Crippen molar-refractivity contribution in [3.05, 3.63) is 65.0 Å². The Kier molecular flexibility index (Phi) is 9.87. The van der Waals surface area contributed by atoms with E-state index in [-0.39, 0.29) is 30.1 Å². The highest BCUT2D eigenvalue weighted by atomic mass is 127. The number of guanidine groups is 1. The molecule has 0 saturated carbocycles. The molecule has 1 fully saturated rings. The number of benzene rings is 1. The maximum absolute atomic E-state index is 6.14. The first kappa shape index (κ1) is 23.6. The molecule has 0 bridgehead atoms. The van der Waals surface area contributed by atoms with Crippen molar-refractivity contribution in [2.45, 2.75) is 46.3 Å². The van der Waals surface area contributed by atoms with Gasteiger partial charge in [-0.3, -0.25) is 4.98 Å². The van der Waals surface area contributed by atoms with Crippen LogP contribution >= 0.6 is 24.0 Å². The molecule has 1 aromatic carbocycles. The van der Waals surface area contributed by atoms with Crippen LogP contribution in [0, 0.1) is 19.8 Å². The fraction of sp³-hybridized carbons (Fsp3) is 0.478. The van der Waals surface area contributed by atoms with Gasteiger partial charge in [-0.25, -0.2) is 4.99 Å². The van der Waals surface area contributed by atoms with Gasteiger partial charge in [-0.1, -0.05) is 35.9 Å². The Labute approximate surface area is 191 Å². The predicted molar refractivity (Wildman–Crippen MR) is 130 cm³/mol. The maximum atomic E-state index is 6.14. The van der Waals surface area contributed by atoms with Gasteiger partial charge in [0.15, 0.2) is 5.96 Å². The standard InChI is InChI=1S/C23H32N4O.HI/c1-4-24-23(27-16-21-18(3)7-5-13-25-21)26-15-20-8-6-14-28-22(20)19-11-9-17(2)10-12-19;/h5,7,9-13,20,22H,4,6,8,14-16H2,1-3H3,(H2,24,26,27);1H. The number of ether oxygens (including phenoxy) is 1. The summed E-state index contributed by atoms with van der Waals surface area (Å²) >= 11 is 0. The summed E-state index contributed by atoms with van der Waals surface area (Å²) in [7, 11) is 0. The molecule has 29 heavy (non-hydrogen) atoms. The largest absolute Gasteiger partial charge is 0.373 e. The van der Waals surface area contributed by atoms with Gasteiger partial charge >= 0.3 is 0 Å². The molecule has 158 valence electrons. The first-order chi connectivity index (χ1) is 13.7. The lowest BCUT2D eigenvalue weighted by molar-refractivity contribution is -0.0265. The molecule has 2 atom stereocenters. The second kappa shape index (κ2) is 12.1. The fourth-order valence-corrected chi connectivity index (χ4v) is 3.58. The quantitative estimate of drug-likeness (QED) is 0.342. The van der Waals surface area contributed by atoms with Crippen molar-refractivity contribution in [1.29, 1.82) is 0 Å². The Bertz CT molecular complexity index is 779. The molecule has 0 spiro atoms. The van der Waals surface area contributed by atoms with Crippen LogP contribution in [0.3, 0.4) is 0 Å². The topological polar surface area (TPSA) is 58.5 Å². The van der Waals surface area contributed by atoms with E-state index in [1.54, 1.807) is 0 Å². The van der Waals surface area contributed by atoms with E-state index in [9.17, 15) is 0 Å². The lowest BCUT2D eigenvalue weighted by atomic mass is 9.89. The van der Waals surface area contributed by atoms with Crippen molar-refractivity contribution < 1.29 is 4.74 Å². The van der Waals surface area contributed by atoms with Crippen molar-refractivity contribution >= 4 is 29.9 Å². The third-order valence-corrected chi connectivity index (χ3v) is 5.23. The highest BCUT2D eigenvalue weighted by Gasteiger charge is 2.27. The van der Waals surface area contributed by atoms with E-state index in [0.717, 1.165) is 44.2 Å². The molecule has 2 unspecified atom stereocenters. The van der Waals surface area contributed by atoms with E-state index >= 15 is 0 Å². The summed E-state index contributed by atoms with van der Waals surface area (Å²) in [6, 6.07) is 12.8. The highest BCUT2D eigenvalue weighted by molar-refractivity contribution is 14.0. The summed E-state index contributed by atoms with van der Waals surface area (Å²) in [6.07, 6.45) is 4.23. The first-order valence-corrected chi connectivity index (χ1v) is 10.3. The number of aliphatic imine (C=N–C) groups is 1. The maximum Gasteiger partial charge on any atom is 0.191 e.